The van der Waals surface area contributed by atoms with Crippen LogP contribution < -0.4 is 0 Å². The third-order valence-electron chi connectivity index (χ3n) is 10.7. The van der Waals surface area contributed by atoms with E-state index in [9.17, 15) is 58.9 Å². The van der Waals surface area contributed by atoms with Crippen LogP contribution in [0.25, 0.3) is 0 Å². The monoisotopic (exact) mass is 1030 g/mol. The van der Waals surface area contributed by atoms with Crippen LogP contribution in [0.15, 0.2) is 97.2 Å². The lowest BCUT2D eigenvalue weighted by atomic mass is 9.85. The molecule has 70 heavy (non-hydrogen) atoms. The number of aliphatic hydroxyl groups is 5. The fraction of sp³-hybridized carbons (Fsp3) is 0.647. The van der Waals surface area contributed by atoms with E-state index in [0.29, 0.717) is 25.7 Å². The van der Waals surface area contributed by atoms with E-state index in [1.807, 2.05) is 42.5 Å². The summed E-state index contributed by atoms with van der Waals surface area (Å²) in [5.74, 6) is -1.32. The Morgan fingerprint density at radius 3 is 1.54 bits per heavy atom. The van der Waals surface area contributed by atoms with Crippen molar-refractivity contribution in [2.45, 2.75) is 198 Å². The molecule has 5 unspecified atom stereocenters. The van der Waals surface area contributed by atoms with Gasteiger partial charge in [0.1, 0.15) is 43.2 Å². The van der Waals surface area contributed by atoms with Crippen LogP contribution in [0, 0.1) is 0 Å². The molecule has 0 heterocycles. The SMILES string of the molecule is CC/C=C\C/C=C\C/C=C\C/C=C\CCCCCCCCC(=O)O[C@H](COC(=O)CCC/C=C\C/C=C\C/C=C\C/C=C\[C@@H](O)CCCC)COP(=O)(O)O[C@H]1C(O)C(O)C(O)[C@@H](OP(=O)(O)O)C1O. The molecule has 17 nitrogen and oxygen atoms in total. The summed E-state index contributed by atoms with van der Waals surface area (Å²) < 4.78 is 49.4. The number of carbonyl (C=O) groups is 2. The highest BCUT2D eigenvalue weighted by Gasteiger charge is 2.54. The first-order valence-corrected chi connectivity index (χ1v) is 27.9. The topological polar surface area (TPSA) is 276 Å². The minimum atomic E-state index is -5.38. The number of aliphatic hydroxyl groups excluding tert-OH is 5. The number of allylic oxidation sites excluding steroid dienone is 15. The minimum absolute atomic E-state index is 0.00215. The van der Waals surface area contributed by atoms with Gasteiger partial charge in [-0.15, -0.1) is 0 Å². The molecule has 0 bridgehead atoms. The molecule has 8 N–H and O–H groups in total. The molecule has 9 atom stereocenters. The van der Waals surface area contributed by atoms with E-state index < -0.39 is 89.6 Å². The molecule has 0 aliphatic heterocycles. The summed E-state index contributed by atoms with van der Waals surface area (Å²) in [4.78, 5) is 54.4. The second kappa shape index (κ2) is 40.4. The van der Waals surface area contributed by atoms with Crippen molar-refractivity contribution in [3.05, 3.63) is 97.2 Å². The normalized spacial score (nSPS) is 22.3. The van der Waals surface area contributed by atoms with Gasteiger partial charge in [-0.3, -0.25) is 23.2 Å². The van der Waals surface area contributed by atoms with Crippen LogP contribution in [0.2, 0.25) is 0 Å². The van der Waals surface area contributed by atoms with Crippen molar-refractivity contribution < 1.29 is 82.0 Å². The smallest absolute Gasteiger partial charge is 0.462 e. The van der Waals surface area contributed by atoms with Gasteiger partial charge in [-0.1, -0.05) is 150 Å². The molecule has 0 radical (unpaired) electrons. The van der Waals surface area contributed by atoms with Crippen molar-refractivity contribution in [1.29, 1.82) is 0 Å². The zero-order valence-electron chi connectivity index (χ0n) is 41.3. The number of carbonyl (C=O) groups excluding carboxylic acids is 2. The second-order valence-corrected chi connectivity index (χ2v) is 19.6. The summed E-state index contributed by atoms with van der Waals surface area (Å²) in [5.41, 5.74) is 0. The number of esters is 2. The van der Waals surface area contributed by atoms with Gasteiger partial charge < -0.3 is 49.7 Å². The van der Waals surface area contributed by atoms with Crippen LogP contribution >= 0.6 is 15.6 Å². The predicted octanol–water partition coefficient (Wildman–Crippen LogP) is 8.92. The van der Waals surface area contributed by atoms with Crippen molar-refractivity contribution >= 4 is 27.6 Å². The fourth-order valence-corrected chi connectivity index (χ4v) is 8.39. The number of hydrogen-bond acceptors (Lipinski definition) is 14. The van der Waals surface area contributed by atoms with Crippen LogP contribution in [0.3, 0.4) is 0 Å². The largest absolute Gasteiger partial charge is 0.472 e. The van der Waals surface area contributed by atoms with E-state index >= 15 is 0 Å². The van der Waals surface area contributed by atoms with Gasteiger partial charge in [0.2, 0.25) is 0 Å². The molecule has 1 fully saturated rings. The molecule has 0 saturated heterocycles. The van der Waals surface area contributed by atoms with E-state index in [-0.39, 0.29) is 12.8 Å². The standard InChI is InChI=1S/C51H84O17P2/c1-3-5-7-8-9-10-11-12-13-14-15-16-17-18-23-26-29-32-35-39-45(54)66-43(41-65-70(62,63)68-51-48(57)46(55)47(56)50(49(51)58)67-69(59,60)61)40-64-44(53)38-34-31-28-25-22-20-19-21-24-27-30-33-37-42(52)36-6-4-2/h5,7,9-10,12-13,15-16,19-20,24-25,27-28,33,37,42-43,46-52,55-58H,3-4,6,8,11,14,17-18,21-23,26,29-32,34-36,38-41H2,1-2H3,(H,62,63)(H2,59,60,61)/b7-5-,10-9-,13-12-,16-15-,20-19-,27-24-,28-25-,37-33-/t42-,43+,46?,47?,48?,49?,50+,51-/m0/s1. The van der Waals surface area contributed by atoms with Crippen LogP contribution in [0.5, 0.6) is 0 Å². The second-order valence-electron chi connectivity index (χ2n) is 17.0. The number of phosphoric acid groups is 2. The van der Waals surface area contributed by atoms with Gasteiger partial charge in [0.15, 0.2) is 6.10 Å². The first-order chi connectivity index (χ1) is 33.5. The Balaban J connectivity index is 2.63. The molecule has 0 amide bonds. The molecule has 0 aromatic heterocycles. The number of rotatable bonds is 40. The quantitative estimate of drug-likeness (QED) is 0.0123. The van der Waals surface area contributed by atoms with Gasteiger partial charge >= 0.3 is 27.6 Å². The van der Waals surface area contributed by atoms with Crippen molar-refractivity contribution in [3.63, 3.8) is 0 Å². The summed E-state index contributed by atoms with van der Waals surface area (Å²) in [6.45, 7) is 2.78. The zero-order chi connectivity index (χ0) is 51.9. The number of unbranched alkanes of at least 4 members (excludes halogenated alkanes) is 8. The molecule has 0 aromatic rings. The van der Waals surface area contributed by atoms with Crippen molar-refractivity contribution in [1.82, 2.24) is 0 Å². The summed E-state index contributed by atoms with van der Waals surface area (Å²) in [5, 5.41) is 51.1. The van der Waals surface area contributed by atoms with Crippen molar-refractivity contribution in [2.24, 2.45) is 0 Å². The lowest BCUT2D eigenvalue weighted by Crippen LogP contribution is -2.64. The highest BCUT2D eigenvalue weighted by atomic mass is 31.2. The first-order valence-electron chi connectivity index (χ1n) is 24.9. The maximum atomic E-state index is 13.0. The minimum Gasteiger partial charge on any atom is -0.462 e. The Morgan fingerprint density at radius 1 is 0.529 bits per heavy atom. The molecule has 1 aliphatic rings. The molecule has 19 heteroatoms. The van der Waals surface area contributed by atoms with Gasteiger partial charge in [0, 0.05) is 12.8 Å². The Bertz CT molecular complexity index is 1730. The van der Waals surface area contributed by atoms with Gasteiger partial charge in [-0.2, -0.15) is 0 Å². The zero-order valence-corrected chi connectivity index (χ0v) is 43.1. The van der Waals surface area contributed by atoms with E-state index in [1.54, 1.807) is 0 Å². The Labute approximate surface area is 416 Å². The molecule has 0 spiro atoms. The first kappa shape index (κ1) is 64.9. The molecule has 400 valence electrons. The van der Waals surface area contributed by atoms with Crippen LogP contribution in [0.4, 0.5) is 0 Å². The average molecular weight is 1030 g/mol. The van der Waals surface area contributed by atoms with Crippen LogP contribution in [0.1, 0.15) is 149 Å². The third-order valence-corrected chi connectivity index (χ3v) is 12.2. The molecule has 1 rings (SSSR count). The summed E-state index contributed by atoms with van der Waals surface area (Å²) in [7, 11) is -10.7. The number of ether oxygens (including phenoxy) is 2. The Morgan fingerprint density at radius 2 is 1.00 bits per heavy atom. The summed E-state index contributed by atoms with van der Waals surface area (Å²) in [6, 6.07) is 0. The van der Waals surface area contributed by atoms with Crippen LogP contribution in [-0.4, -0.2) is 114 Å². The molecule has 0 aromatic carbocycles. The third kappa shape index (κ3) is 34.3. The Kier molecular flexibility index (Phi) is 37.4. The van der Waals surface area contributed by atoms with Gasteiger partial charge in [-0.05, 0) is 83.5 Å². The highest BCUT2D eigenvalue weighted by molar-refractivity contribution is 7.47. The lowest BCUT2D eigenvalue weighted by Gasteiger charge is -2.43. The maximum Gasteiger partial charge on any atom is 0.472 e. The molecule has 1 aliphatic carbocycles. The summed E-state index contributed by atoms with van der Waals surface area (Å²) >= 11 is 0. The average Bonchev–Trinajstić information content (AvgIpc) is 3.31. The number of hydrogen-bond donors (Lipinski definition) is 8. The van der Waals surface area contributed by atoms with Crippen LogP contribution in [-0.2, 0) is 41.8 Å². The molecular weight excluding hydrogens is 946 g/mol. The van der Waals surface area contributed by atoms with Gasteiger partial charge in [0.25, 0.3) is 0 Å². The lowest BCUT2D eigenvalue weighted by molar-refractivity contribution is -0.216. The molecular formula is C51H84O17P2. The van der Waals surface area contributed by atoms with Crippen molar-refractivity contribution in [3.8, 4) is 0 Å². The fourth-order valence-electron chi connectivity index (χ4n) is 6.85. The van der Waals surface area contributed by atoms with E-state index in [4.69, 9.17) is 18.5 Å². The van der Waals surface area contributed by atoms with Gasteiger partial charge in [0.05, 0.1) is 12.7 Å². The van der Waals surface area contributed by atoms with Gasteiger partial charge in [-0.25, -0.2) is 9.13 Å². The highest BCUT2D eigenvalue weighted by Crippen LogP contribution is 2.49. The Hall–Kier alpha value is -3.12. The van der Waals surface area contributed by atoms with E-state index in [0.717, 1.165) is 96.3 Å². The molecule has 1 saturated carbocycles. The predicted molar refractivity (Wildman–Crippen MR) is 270 cm³/mol. The number of phosphoric ester groups is 2. The van der Waals surface area contributed by atoms with Crippen molar-refractivity contribution in [2.75, 3.05) is 13.2 Å². The summed E-state index contributed by atoms with van der Waals surface area (Å²) in [6.07, 6.45) is 34.0. The maximum absolute atomic E-state index is 13.0. The van der Waals surface area contributed by atoms with E-state index in [1.165, 1.54) is 0 Å². The van der Waals surface area contributed by atoms with E-state index in [2.05, 4.69) is 73.1 Å².